The summed E-state index contributed by atoms with van der Waals surface area (Å²) in [4.78, 5) is 16.4. The lowest BCUT2D eigenvalue weighted by molar-refractivity contribution is -0.118. The van der Waals surface area contributed by atoms with E-state index in [4.69, 9.17) is 0 Å². The minimum Gasteiger partial charge on any atom is -0.387 e. The Labute approximate surface area is 185 Å². The molecule has 0 spiro atoms. The summed E-state index contributed by atoms with van der Waals surface area (Å²) in [6.07, 6.45) is 3.17. The molecule has 0 saturated carbocycles. The molecule has 5 nitrogen and oxygen atoms in total. The zero-order valence-electron chi connectivity index (χ0n) is 18.7. The molecular weight excluding hydrogens is 388 g/mol. The Morgan fingerprint density at radius 3 is 2.61 bits per heavy atom. The SMILES string of the molecule is CCC(=O)N1CCCc2cc([C@@H](O)CN3CCC(O)(c4cccc(C)c4)CC3)ccc21. The first-order valence-electron chi connectivity index (χ1n) is 11.5. The van der Waals surface area contributed by atoms with Gasteiger partial charge in [0.1, 0.15) is 0 Å². The summed E-state index contributed by atoms with van der Waals surface area (Å²) in [5.41, 5.74) is 4.43. The van der Waals surface area contributed by atoms with Crippen LogP contribution in [0.2, 0.25) is 0 Å². The molecule has 2 aromatic carbocycles. The van der Waals surface area contributed by atoms with E-state index in [1.165, 1.54) is 0 Å². The van der Waals surface area contributed by atoms with Crippen LogP contribution < -0.4 is 4.90 Å². The number of benzene rings is 2. The highest BCUT2D eigenvalue weighted by molar-refractivity contribution is 5.94. The maximum atomic E-state index is 12.2. The summed E-state index contributed by atoms with van der Waals surface area (Å²) < 4.78 is 0. The summed E-state index contributed by atoms with van der Waals surface area (Å²) in [5.74, 6) is 0.156. The Morgan fingerprint density at radius 2 is 1.90 bits per heavy atom. The van der Waals surface area contributed by atoms with Crippen molar-refractivity contribution in [2.45, 2.75) is 57.7 Å². The topological polar surface area (TPSA) is 64.0 Å². The molecule has 0 aliphatic carbocycles. The van der Waals surface area contributed by atoms with E-state index in [-0.39, 0.29) is 5.91 Å². The highest BCUT2D eigenvalue weighted by Gasteiger charge is 2.34. The van der Waals surface area contributed by atoms with E-state index in [2.05, 4.69) is 17.0 Å². The maximum absolute atomic E-state index is 12.2. The number of carbonyl (C=O) groups is 1. The fraction of sp³-hybridized carbons (Fsp3) is 0.500. The van der Waals surface area contributed by atoms with Crippen molar-refractivity contribution in [3.63, 3.8) is 0 Å². The molecule has 0 aromatic heterocycles. The first-order chi connectivity index (χ1) is 14.9. The van der Waals surface area contributed by atoms with Gasteiger partial charge in [-0.25, -0.2) is 0 Å². The second-order valence-corrected chi connectivity index (χ2v) is 9.11. The highest BCUT2D eigenvalue weighted by atomic mass is 16.3. The Balaban J connectivity index is 1.39. The van der Waals surface area contributed by atoms with Gasteiger partial charge < -0.3 is 20.0 Å². The van der Waals surface area contributed by atoms with E-state index < -0.39 is 11.7 Å². The van der Waals surface area contributed by atoms with Crippen LogP contribution in [0.3, 0.4) is 0 Å². The molecule has 1 saturated heterocycles. The molecule has 31 heavy (non-hydrogen) atoms. The number of fused-ring (bicyclic) bond motifs is 1. The van der Waals surface area contributed by atoms with Crippen molar-refractivity contribution < 1.29 is 15.0 Å². The van der Waals surface area contributed by atoms with Crippen molar-refractivity contribution in [1.82, 2.24) is 4.90 Å². The van der Waals surface area contributed by atoms with E-state index in [0.717, 1.165) is 60.4 Å². The Hall–Kier alpha value is -2.21. The quantitative estimate of drug-likeness (QED) is 0.771. The van der Waals surface area contributed by atoms with Gasteiger partial charge in [-0.15, -0.1) is 0 Å². The predicted molar refractivity (Wildman–Crippen MR) is 123 cm³/mol. The van der Waals surface area contributed by atoms with Crippen LogP contribution in [0.15, 0.2) is 42.5 Å². The first kappa shape index (κ1) is 22.0. The molecule has 1 fully saturated rings. The molecule has 166 valence electrons. The summed E-state index contributed by atoms with van der Waals surface area (Å²) in [6, 6.07) is 14.2. The summed E-state index contributed by atoms with van der Waals surface area (Å²) in [7, 11) is 0. The first-order valence-corrected chi connectivity index (χ1v) is 11.5. The number of anilines is 1. The Bertz CT molecular complexity index is 934. The van der Waals surface area contributed by atoms with Gasteiger partial charge in [-0.2, -0.15) is 0 Å². The average molecular weight is 423 g/mol. The fourth-order valence-electron chi connectivity index (χ4n) is 4.95. The third-order valence-corrected chi connectivity index (χ3v) is 6.88. The van der Waals surface area contributed by atoms with Crippen LogP contribution in [0.1, 0.15) is 61.0 Å². The molecule has 0 radical (unpaired) electrons. The van der Waals surface area contributed by atoms with Gasteiger partial charge >= 0.3 is 0 Å². The van der Waals surface area contributed by atoms with Crippen LogP contribution in [0, 0.1) is 6.92 Å². The van der Waals surface area contributed by atoms with E-state index in [1.54, 1.807) is 0 Å². The molecule has 4 rings (SSSR count). The van der Waals surface area contributed by atoms with Crippen molar-refractivity contribution in [2.24, 2.45) is 0 Å². The number of nitrogens with zero attached hydrogens (tertiary/aromatic N) is 2. The minimum absolute atomic E-state index is 0.156. The molecule has 0 bridgehead atoms. The van der Waals surface area contributed by atoms with Gasteiger partial charge in [0.15, 0.2) is 0 Å². The highest BCUT2D eigenvalue weighted by Crippen LogP contribution is 2.34. The number of amides is 1. The summed E-state index contributed by atoms with van der Waals surface area (Å²) >= 11 is 0. The van der Waals surface area contributed by atoms with Crippen molar-refractivity contribution in [1.29, 1.82) is 0 Å². The number of hydrogen-bond donors (Lipinski definition) is 2. The van der Waals surface area contributed by atoms with E-state index >= 15 is 0 Å². The summed E-state index contributed by atoms with van der Waals surface area (Å²) in [6.45, 7) is 6.79. The molecule has 2 aliphatic heterocycles. The zero-order chi connectivity index (χ0) is 22.0. The van der Waals surface area contributed by atoms with Gasteiger partial charge in [0.2, 0.25) is 5.91 Å². The number of hydrogen-bond acceptors (Lipinski definition) is 4. The second kappa shape index (κ2) is 9.11. The molecule has 0 unspecified atom stereocenters. The zero-order valence-corrected chi connectivity index (χ0v) is 18.7. The number of β-amino-alcohol motifs (C(OH)–C–C–N with tert-alkyl or cyclic N) is 1. The van der Waals surface area contributed by atoms with Crippen LogP contribution in [-0.4, -0.2) is 47.2 Å². The van der Waals surface area contributed by atoms with Gasteiger partial charge in [0, 0.05) is 38.3 Å². The summed E-state index contributed by atoms with van der Waals surface area (Å²) in [5, 5.41) is 22.0. The maximum Gasteiger partial charge on any atom is 0.226 e. The monoisotopic (exact) mass is 422 g/mol. The third-order valence-electron chi connectivity index (χ3n) is 6.88. The molecule has 2 heterocycles. The van der Waals surface area contributed by atoms with E-state index in [9.17, 15) is 15.0 Å². The van der Waals surface area contributed by atoms with Crippen LogP contribution >= 0.6 is 0 Å². The van der Waals surface area contributed by atoms with Crippen molar-refractivity contribution >= 4 is 11.6 Å². The average Bonchev–Trinajstić information content (AvgIpc) is 2.79. The van der Waals surface area contributed by atoms with Crippen LogP contribution in [0.5, 0.6) is 0 Å². The normalized spacial score (nSPS) is 19.7. The molecule has 1 amide bonds. The van der Waals surface area contributed by atoms with Gasteiger partial charge in [-0.05, 0) is 55.4 Å². The van der Waals surface area contributed by atoms with Gasteiger partial charge in [-0.3, -0.25) is 4.79 Å². The van der Waals surface area contributed by atoms with Crippen LogP contribution in [0.25, 0.3) is 0 Å². The molecule has 2 aromatic rings. The molecule has 2 aliphatic rings. The lowest BCUT2D eigenvalue weighted by Crippen LogP contribution is -2.44. The molecule has 5 heteroatoms. The van der Waals surface area contributed by atoms with Gasteiger partial charge in [0.05, 0.1) is 11.7 Å². The molecule has 2 N–H and O–H groups in total. The minimum atomic E-state index is -0.783. The Morgan fingerprint density at radius 1 is 1.13 bits per heavy atom. The lowest BCUT2D eigenvalue weighted by atomic mass is 9.83. The number of rotatable bonds is 5. The second-order valence-electron chi connectivity index (χ2n) is 9.11. The molecule has 1 atom stereocenters. The van der Waals surface area contributed by atoms with Crippen LogP contribution in [0.4, 0.5) is 5.69 Å². The number of aliphatic hydroxyl groups excluding tert-OH is 1. The van der Waals surface area contributed by atoms with E-state index in [0.29, 0.717) is 25.8 Å². The van der Waals surface area contributed by atoms with Gasteiger partial charge in [0.25, 0.3) is 0 Å². The number of likely N-dealkylation sites (tertiary alicyclic amines) is 1. The Kier molecular flexibility index (Phi) is 6.47. The number of aryl methyl sites for hydroxylation is 2. The smallest absolute Gasteiger partial charge is 0.226 e. The number of aliphatic hydroxyl groups is 2. The number of carbonyl (C=O) groups excluding carboxylic acids is 1. The predicted octanol–water partition coefficient (Wildman–Crippen LogP) is 3.70. The molecular formula is C26H34N2O3. The van der Waals surface area contributed by atoms with Crippen molar-refractivity contribution in [3.05, 3.63) is 64.7 Å². The lowest BCUT2D eigenvalue weighted by Gasteiger charge is -2.39. The van der Waals surface area contributed by atoms with Crippen molar-refractivity contribution in [3.8, 4) is 0 Å². The van der Waals surface area contributed by atoms with Crippen LogP contribution in [-0.2, 0) is 16.8 Å². The van der Waals surface area contributed by atoms with Crippen molar-refractivity contribution in [2.75, 3.05) is 31.1 Å². The largest absolute Gasteiger partial charge is 0.387 e. The van der Waals surface area contributed by atoms with E-state index in [1.807, 2.05) is 49.1 Å². The number of piperidine rings is 1. The fourth-order valence-corrected chi connectivity index (χ4v) is 4.95. The third kappa shape index (κ3) is 4.69. The van der Waals surface area contributed by atoms with Gasteiger partial charge in [-0.1, -0.05) is 48.9 Å². The standard InChI is InChI=1S/C26H34N2O3/c1-3-25(30)28-13-5-7-20-17-21(9-10-23(20)28)24(29)18-27-14-11-26(31,12-15-27)22-8-4-6-19(2)16-22/h4,6,8-10,16-17,24,29,31H,3,5,7,11-15,18H2,1-2H3/t24-/m0/s1.